The Balaban J connectivity index is 1.69. The van der Waals surface area contributed by atoms with E-state index in [1.54, 1.807) is 12.1 Å². The van der Waals surface area contributed by atoms with Crippen molar-refractivity contribution in [1.29, 1.82) is 0 Å². The van der Waals surface area contributed by atoms with Crippen molar-refractivity contribution in [2.45, 2.75) is 25.9 Å². The van der Waals surface area contributed by atoms with Gasteiger partial charge in [0.25, 0.3) is 5.91 Å². The summed E-state index contributed by atoms with van der Waals surface area (Å²) in [4.78, 5) is 12.5. The Morgan fingerprint density at radius 1 is 1.17 bits per heavy atom. The van der Waals surface area contributed by atoms with E-state index in [1.807, 2.05) is 37.3 Å². The van der Waals surface area contributed by atoms with E-state index >= 15 is 0 Å². The van der Waals surface area contributed by atoms with E-state index < -0.39 is 0 Å². The average Bonchev–Trinajstić information content (AvgIpc) is 2.85. The lowest BCUT2D eigenvalue weighted by atomic mass is 10.1. The molecule has 5 heteroatoms. The molecule has 0 saturated carbocycles. The Bertz CT molecular complexity index is 711. The molecule has 1 heterocycles. The summed E-state index contributed by atoms with van der Waals surface area (Å²) in [5.74, 6) is 0.981. The molecule has 1 aliphatic heterocycles. The van der Waals surface area contributed by atoms with Crippen LogP contribution in [0.25, 0.3) is 0 Å². The first kappa shape index (κ1) is 16.3. The zero-order valence-corrected chi connectivity index (χ0v) is 13.7. The van der Waals surface area contributed by atoms with E-state index in [1.165, 1.54) is 0 Å². The van der Waals surface area contributed by atoms with Crippen molar-refractivity contribution < 1.29 is 14.3 Å². The lowest BCUT2D eigenvalue weighted by Crippen LogP contribution is -2.23. The zero-order valence-electron chi connectivity index (χ0n) is 13.7. The third-order valence-electron chi connectivity index (χ3n) is 3.97. The standard InChI is InChI=1S/C19H22N2O3/c1-13(20)15-8-6-14(7-9-15)12-21-19(22)16-4-2-5-17-18(16)24-11-3-10-23-17/h2,4-9,13H,3,10-12,20H2,1H3,(H,21,22)/t13-/m0/s1. The van der Waals surface area contributed by atoms with Crippen LogP contribution in [0.4, 0.5) is 0 Å². The molecule has 2 aromatic carbocycles. The maximum atomic E-state index is 12.5. The fraction of sp³-hybridized carbons (Fsp3) is 0.316. The lowest BCUT2D eigenvalue weighted by molar-refractivity contribution is 0.0946. The molecular formula is C19H22N2O3. The SMILES string of the molecule is C[C@H](N)c1ccc(CNC(=O)c2cccc3c2OCCCO3)cc1. The van der Waals surface area contributed by atoms with Gasteiger partial charge in [0.15, 0.2) is 11.5 Å². The van der Waals surface area contributed by atoms with Gasteiger partial charge in [-0.15, -0.1) is 0 Å². The Kier molecular flexibility index (Phi) is 5.01. The van der Waals surface area contributed by atoms with Crippen molar-refractivity contribution in [2.75, 3.05) is 13.2 Å². The van der Waals surface area contributed by atoms with Crippen LogP contribution in [0.3, 0.4) is 0 Å². The van der Waals surface area contributed by atoms with Gasteiger partial charge in [0, 0.05) is 19.0 Å². The zero-order chi connectivity index (χ0) is 16.9. The summed E-state index contributed by atoms with van der Waals surface area (Å²) in [6.07, 6.45) is 0.807. The maximum Gasteiger partial charge on any atom is 0.255 e. The maximum absolute atomic E-state index is 12.5. The fourth-order valence-corrected chi connectivity index (χ4v) is 2.59. The van der Waals surface area contributed by atoms with E-state index in [0.29, 0.717) is 36.8 Å². The van der Waals surface area contributed by atoms with Gasteiger partial charge in [-0.3, -0.25) is 4.79 Å². The highest BCUT2D eigenvalue weighted by atomic mass is 16.5. The molecule has 0 radical (unpaired) electrons. The molecule has 0 spiro atoms. The number of nitrogens with one attached hydrogen (secondary N) is 1. The van der Waals surface area contributed by atoms with Crippen LogP contribution in [0.1, 0.15) is 40.9 Å². The summed E-state index contributed by atoms with van der Waals surface area (Å²) in [6, 6.07) is 13.3. The van der Waals surface area contributed by atoms with Gasteiger partial charge < -0.3 is 20.5 Å². The minimum atomic E-state index is -0.173. The molecule has 3 N–H and O–H groups in total. The first-order chi connectivity index (χ1) is 11.6. The van der Waals surface area contributed by atoms with E-state index in [0.717, 1.165) is 17.5 Å². The minimum absolute atomic E-state index is 0.00515. The fourth-order valence-electron chi connectivity index (χ4n) is 2.59. The quantitative estimate of drug-likeness (QED) is 0.906. The van der Waals surface area contributed by atoms with E-state index in [2.05, 4.69) is 5.32 Å². The van der Waals surface area contributed by atoms with Crippen LogP contribution < -0.4 is 20.5 Å². The molecule has 1 aliphatic rings. The number of ether oxygens (including phenoxy) is 2. The van der Waals surface area contributed by atoms with E-state index in [-0.39, 0.29) is 11.9 Å². The molecule has 0 fully saturated rings. The molecule has 126 valence electrons. The molecule has 24 heavy (non-hydrogen) atoms. The lowest BCUT2D eigenvalue weighted by Gasteiger charge is -2.13. The van der Waals surface area contributed by atoms with Gasteiger partial charge in [-0.1, -0.05) is 30.3 Å². The number of fused-ring (bicyclic) bond motifs is 1. The van der Waals surface area contributed by atoms with Gasteiger partial charge in [-0.2, -0.15) is 0 Å². The number of rotatable bonds is 4. The summed E-state index contributed by atoms with van der Waals surface area (Å²) >= 11 is 0. The Morgan fingerprint density at radius 3 is 2.67 bits per heavy atom. The van der Waals surface area contributed by atoms with Crippen LogP contribution in [0, 0.1) is 0 Å². The summed E-state index contributed by atoms with van der Waals surface area (Å²) in [5, 5.41) is 2.93. The molecule has 1 atom stereocenters. The molecule has 0 aliphatic carbocycles. The summed E-state index contributed by atoms with van der Waals surface area (Å²) in [6.45, 7) is 3.54. The molecular weight excluding hydrogens is 304 g/mol. The normalized spacial score (nSPS) is 14.6. The number of hydrogen-bond donors (Lipinski definition) is 2. The number of carbonyl (C=O) groups is 1. The largest absolute Gasteiger partial charge is 0.490 e. The molecule has 1 amide bonds. The second-order valence-electron chi connectivity index (χ2n) is 5.90. The predicted octanol–water partition coefficient (Wildman–Crippen LogP) is 2.80. The van der Waals surface area contributed by atoms with Gasteiger partial charge in [0.05, 0.1) is 18.8 Å². The highest BCUT2D eigenvalue weighted by Crippen LogP contribution is 2.33. The molecule has 3 rings (SSSR count). The van der Waals surface area contributed by atoms with Crippen LogP contribution in [0.2, 0.25) is 0 Å². The van der Waals surface area contributed by atoms with Crippen LogP contribution in [-0.2, 0) is 6.54 Å². The molecule has 5 nitrogen and oxygen atoms in total. The molecule has 0 aromatic heterocycles. The number of carbonyl (C=O) groups excluding carboxylic acids is 1. The van der Waals surface area contributed by atoms with Crippen molar-refractivity contribution in [1.82, 2.24) is 5.32 Å². The van der Waals surface area contributed by atoms with Crippen molar-refractivity contribution in [3.8, 4) is 11.5 Å². The number of nitrogens with two attached hydrogens (primary N) is 1. The van der Waals surface area contributed by atoms with Crippen LogP contribution in [0.5, 0.6) is 11.5 Å². The van der Waals surface area contributed by atoms with Crippen molar-refractivity contribution in [2.24, 2.45) is 5.73 Å². The second-order valence-corrected chi connectivity index (χ2v) is 5.90. The van der Waals surface area contributed by atoms with Gasteiger partial charge in [-0.05, 0) is 30.2 Å². The predicted molar refractivity (Wildman–Crippen MR) is 92.3 cm³/mol. The number of benzene rings is 2. The number of para-hydroxylation sites is 1. The molecule has 0 bridgehead atoms. The highest BCUT2D eigenvalue weighted by Gasteiger charge is 2.19. The smallest absolute Gasteiger partial charge is 0.255 e. The summed E-state index contributed by atoms with van der Waals surface area (Å²) < 4.78 is 11.3. The Morgan fingerprint density at radius 2 is 1.92 bits per heavy atom. The Hall–Kier alpha value is -2.53. The molecule has 0 saturated heterocycles. The van der Waals surface area contributed by atoms with Gasteiger partial charge in [0.2, 0.25) is 0 Å². The van der Waals surface area contributed by atoms with Crippen LogP contribution in [-0.4, -0.2) is 19.1 Å². The van der Waals surface area contributed by atoms with Gasteiger partial charge in [-0.25, -0.2) is 0 Å². The van der Waals surface area contributed by atoms with Crippen molar-refractivity contribution >= 4 is 5.91 Å². The summed E-state index contributed by atoms with van der Waals surface area (Å²) in [5.41, 5.74) is 8.44. The van der Waals surface area contributed by atoms with E-state index in [9.17, 15) is 4.79 Å². The average molecular weight is 326 g/mol. The van der Waals surface area contributed by atoms with Gasteiger partial charge in [0.1, 0.15) is 0 Å². The Labute approximate surface area is 141 Å². The monoisotopic (exact) mass is 326 g/mol. The van der Waals surface area contributed by atoms with Crippen LogP contribution >= 0.6 is 0 Å². The number of amides is 1. The van der Waals surface area contributed by atoms with Crippen molar-refractivity contribution in [3.05, 3.63) is 59.2 Å². The third-order valence-corrected chi connectivity index (χ3v) is 3.97. The minimum Gasteiger partial charge on any atom is -0.490 e. The van der Waals surface area contributed by atoms with E-state index in [4.69, 9.17) is 15.2 Å². The highest BCUT2D eigenvalue weighted by molar-refractivity contribution is 5.97. The van der Waals surface area contributed by atoms with Crippen LogP contribution in [0.15, 0.2) is 42.5 Å². The summed E-state index contributed by atoms with van der Waals surface area (Å²) in [7, 11) is 0. The number of hydrogen-bond acceptors (Lipinski definition) is 4. The molecule has 2 aromatic rings. The third kappa shape index (κ3) is 3.68. The first-order valence-corrected chi connectivity index (χ1v) is 8.16. The first-order valence-electron chi connectivity index (χ1n) is 8.16. The van der Waals surface area contributed by atoms with Gasteiger partial charge >= 0.3 is 0 Å². The van der Waals surface area contributed by atoms with Crippen molar-refractivity contribution in [3.63, 3.8) is 0 Å². The molecule has 0 unspecified atom stereocenters. The topological polar surface area (TPSA) is 73.6 Å². The second kappa shape index (κ2) is 7.36.